The van der Waals surface area contributed by atoms with Gasteiger partial charge in [-0.05, 0) is 201 Å². The van der Waals surface area contributed by atoms with E-state index >= 15 is 0 Å². The number of nitriles is 4. The molecular formula is C86H50N4O2S4. The zero-order chi connectivity index (χ0) is 65.5. The molecule has 0 saturated carbocycles. The normalized spacial score (nSPS) is 15.0. The number of carbonyl (C=O) groups is 2. The second-order valence-electron chi connectivity index (χ2n) is 25.2. The fraction of sp³-hybridized carbons (Fsp3) is 0.0698. The summed E-state index contributed by atoms with van der Waals surface area (Å²) in [6.45, 7) is 8.60. The molecule has 0 amide bonds. The number of nitrogens with zero attached hydrogens (tertiary/aromatic N) is 4. The van der Waals surface area contributed by atoms with E-state index in [0.717, 1.165) is 49.4 Å². The minimum absolute atomic E-state index is 0.0832. The number of hydrogen-bond donors (Lipinski definition) is 0. The first-order chi connectivity index (χ1) is 46.8. The van der Waals surface area contributed by atoms with Gasteiger partial charge in [0.2, 0.25) is 0 Å². The van der Waals surface area contributed by atoms with Crippen molar-refractivity contribution < 1.29 is 9.59 Å². The van der Waals surface area contributed by atoms with Crippen LogP contribution in [0.4, 0.5) is 0 Å². The van der Waals surface area contributed by atoms with Gasteiger partial charge in [0.1, 0.15) is 35.4 Å². The molecule has 9 aromatic carbocycles. The van der Waals surface area contributed by atoms with Crippen LogP contribution in [0, 0.1) is 73.0 Å². The van der Waals surface area contributed by atoms with Crippen LogP contribution in [0.2, 0.25) is 0 Å². The smallest absolute Gasteiger partial charge is 0.194 e. The summed E-state index contributed by atoms with van der Waals surface area (Å²) in [5.74, 6) is -0.397. The first kappa shape index (κ1) is 58.4. The van der Waals surface area contributed by atoms with Gasteiger partial charge < -0.3 is 0 Å². The minimum Gasteiger partial charge on any atom is -0.289 e. The standard InChI is InChI=1S/C86H50N4O2S4/c1-47-13-21-55(22-14-47)85(56-23-15-48(2)16-24-56)71-39-68-66-34-52-36-80(76-32-30-60(94-76)38-70-82(54(45-89)46-90)62-10-6-8-12-64(62)84(70)92)96-78(52)42-74(66)86(57-25-17-49(3)18-26-57,58-27-19-50(4)20-28-58)72(68)40-67(71)65-33-51-35-79(95-77(51)41-73(65)85)75-31-29-59(93-75)37-69-81(53(43-87)44-88)61-9-5-7-11-63(61)83(69)91/h5-42H,1-4H3/b69-37-,70-38-. The third-order valence-electron chi connectivity index (χ3n) is 19.8. The van der Waals surface area contributed by atoms with Crippen LogP contribution in [0.25, 0.3) is 85.2 Å². The Kier molecular flexibility index (Phi) is 13.4. The quantitative estimate of drug-likeness (QED) is 0.110. The van der Waals surface area contributed by atoms with Gasteiger partial charge >= 0.3 is 0 Å². The van der Waals surface area contributed by atoms with Gasteiger partial charge in [-0.25, -0.2) is 0 Å². The Bertz CT molecular complexity index is 5460. The maximum atomic E-state index is 14.0. The molecule has 0 saturated heterocycles. The van der Waals surface area contributed by atoms with Crippen LogP contribution < -0.4 is 0 Å². The van der Waals surface area contributed by atoms with Crippen LogP contribution in [0.15, 0.2) is 241 Å². The number of hydrogen-bond acceptors (Lipinski definition) is 10. The lowest BCUT2D eigenvalue weighted by Gasteiger charge is -2.36. The van der Waals surface area contributed by atoms with Crippen molar-refractivity contribution >= 4 is 100 Å². The van der Waals surface area contributed by atoms with Crippen molar-refractivity contribution in [3.63, 3.8) is 0 Å². The molecule has 4 aliphatic rings. The van der Waals surface area contributed by atoms with Gasteiger partial charge in [0, 0.05) is 72.1 Å². The van der Waals surface area contributed by atoms with Crippen LogP contribution in [0.1, 0.15) is 108 Å². The van der Waals surface area contributed by atoms with Crippen molar-refractivity contribution in [2.45, 2.75) is 38.5 Å². The Labute approximate surface area is 570 Å². The van der Waals surface area contributed by atoms with E-state index in [0.29, 0.717) is 44.5 Å². The Morgan fingerprint density at radius 2 is 0.646 bits per heavy atom. The molecule has 13 aromatic rings. The predicted molar refractivity (Wildman–Crippen MR) is 391 cm³/mol. The first-order valence-corrected chi connectivity index (χ1v) is 34.7. The second-order valence-corrected chi connectivity index (χ2v) is 29.6. The van der Waals surface area contributed by atoms with Gasteiger partial charge in [0.25, 0.3) is 0 Å². The lowest BCUT2D eigenvalue weighted by atomic mass is 9.65. The number of rotatable bonds is 8. The molecule has 4 aromatic heterocycles. The lowest BCUT2D eigenvalue weighted by Crippen LogP contribution is -2.30. The van der Waals surface area contributed by atoms with Crippen molar-refractivity contribution in [1.29, 1.82) is 21.0 Å². The van der Waals surface area contributed by atoms with E-state index in [1.165, 1.54) is 89.0 Å². The summed E-state index contributed by atoms with van der Waals surface area (Å²) in [4.78, 5) is 34.0. The van der Waals surface area contributed by atoms with Crippen LogP contribution in [-0.2, 0) is 10.8 Å². The fourth-order valence-electron chi connectivity index (χ4n) is 15.3. The molecule has 17 rings (SSSR count). The summed E-state index contributed by atoms with van der Waals surface area (Å²) in [7, 11) is 0. The van der Waals surface area contributed by atoms with Crippen molar-refractivity contribution in [1.82, 2.24) is 0 Å². The Morgan fingerprint density at radius 3 is 0.979 bits per heavy atom. The third-order valence-corrected chi connectivity index (χ3v) is 24.4. The van der Waals surface area contributed by atoms with E-state index in [1.54, 1.807) is 69.6 Å². The number of aryl methyl sites for hydroxylation is 4. The highest BCUT2D eigenvalue weighted by Gasteiger charge is 2.52. The van der Waals surface area contributed by atoms with Gasteiger partial charge in [0.15, 0.2) is 11.6 Å². The fourth-order valence-corrected chi connectivity index (χ4v) is 19.6. The average molecular weight is 1300 g/mol. The Hall–Kier alpha value is -11.4. The minimum atomic E-state index is -0.762. The predicted octanol–water partition coefficient (Wildman–Crippen LogP) is 21.7. The SMILES string of the molecule is Cc1ccc(C2(c3ccc(C)cc3)c3cc4c(cc3-c3cc5cc(-c6ccc(/C=C7\C(=O)c8ccccc8C7=C(C#N)C#N)s6)sc5cc32)C(c2ccc(C)cc2)(c2ccc(C)cc2)c2cc3sc(-c5ccc(/C=C6\C(=O)c7ccccc7C6=C(C#N)C#N)s5)cc3cc2-4)cc1. The lowest BCUT2D eigenvalue weighted by molar-refractivity contribution is 0.103. The molecule has 450 valence electrons. The molecule has 0 unspecified atom stereocenters. The molecule has 4 aliphatic carbocycles. The number of allylic oxidation sites excluding steroid dienone is 6. The zero-order valence-corrected chi connectivity index (χ0v) is 55.4. The van der Waals surface area contributed by atoms with Gasteiger partial charge in [0.05, 0.1) is 10.8 Å². The van der Waals surface area contributed by atoms with Gasteiger partial charge in [-0.3, -0.25) is 9.59 Å². The molecule has 0 atom stereocenters. The highest BCUT2D eigenvalue weighted by Crippen LogP contribution is 2.64. The molecular weight excluding hydrogens is 1250 g/mol. The Morgan fingerprint density at radius 1 is 0.333 bits per heavy atom. The summed E-state index contributed by atoms with van der Waals surface area (Å²) in [6, 6.07) is 86.9. The topological polar surface area (TPSA) is 129 Å². The maximum absolute atomic E-state index is 14.0. The molecule has 10 heteroatoms. The second kappa shape index (κ2) is 22.1. The molecule has 6 nitrogen and oxygen atoms in total. The molecule has 96 heavy (non-hydrogen) atoms. The highest BCUT2D eigenvalue weighted by molar-refractivity contribution is 7.27. The Balaban J connectivity index is 0.869. The summed E-state index contributed by atoms with van der Waals surface area (Å²) in [5.41, 5.74) is 20.9. The van der Waals surface area contributed by atoms with Crippen molar-refractivity contribution in [2.75, 3.05) is 0 Å². The zero-order valence-electron chi connectivity index (χ0n) is 52.2. The molecule has 4 heterocycles. The number of thiophene rings is 4. The van der Waals surface area contributed by atoms with E-state index in [1.807, 2.05) is 48.6 Å². The third kappa shape index (κ3) is 8.61. The van der Waals surface area contributed by atoms with Gasteiger partial charge in [-0.2, -0.15) is 21.0 Å². The summed E-state index contributed by atoms with van der Waals surface area (Å²) >= 11 is 6.69. The van der Waals surface area contributed by atoms with Crippen LogP contribution in [0.5, 0.6) is 0 Å². The largest absolute Gasteiger partial charge is 0.289 e. The van der Waals surface area contributed by atoms with E-state index in [4.69, 9.17) is 0 Å². The molecule has 0 aliphatic heterocycles. The monoisotopic (exact) mass is 1300 g/mol. The maximum Gasteiger partial charge on any atom is 0.194 e. The van der Waals surface area contributed by atoms with Crippen LogP contribution in [-0.4, -0.2) is 11.6 Å². The van der Waals surface area contributed by atoms with E-state index in [2.05, 4.69) is 210 Å². The number of ketones is 2. The molecule has 0 spiro atoms. The molecule has 0 N–H and O–H groups in total. The van der Waals surface area contributed by atoms with Crippen molar-refractivity contribution in [3.8, 4) is 66.0 Å². The highest BCUT2D eigenvalue weighted by atomic mass is 32.1. The van der Waals surface area contributed by atoms with Gasteiger partial charge in [-0.1, -0.05) is 168 Å². The molecule has 0 fully saturated rings. The van der Waals surface area contributed by atoms with Gasteiger partial charge in [-0.15, -0.1) is 45.3 Å². The van der Waals surface area contributed by atoms with Crippen LogP contribution in [0.3, 0.4) is 0 Å². The number of Topliss-reactive ketones (excluding diaryl/α,β-unsaturated/α-hetero) is 2. The van der Waals surface area contributed by atoms with E-state index in [9.17, 15) is 30.6 Å². The average Bonchev–Trinajstić information content (AvgIpc) is 1.50. The van der Waals surface area contributed by atoms with E-state index in [-0.39, 0.29) is 22.7 Å². The number of fused-ring (bicyclic) bond motifs is 10. The summed E-state index contributed by atoms with van der Waals surface area (Å²) < 4.78 is 2.30. The van der Waals surface area contributed by atoms with E-state index < -0.39 is 10.8 Å². The van der Waals surface area contributed by atoms with Crippen molar-refractivity contribution in [3.05, 3.63) is 339 Å². The number of benzene rings is 9. The summed E-state index contributed by atoms with van der Waals surface area (Å²) in [5, 5.41) is 42.5. The van der Waals surface area contributed by atoms with Crippen LogP contribution >= 0.6 is 45.3 Å². The summed E-state index contributed by atoms with van der Waals surface area (Å²) in [6.07, 6.45) is 3.67. The first-order valence-electron chi connectivity index (χ1n) is 31.5. The number of carbonyl (C=O) groups excluding carboxylic acids is 2. The van der Waals surface area contributed by atoms with Crippen molar-refractivity contribution in [2.24, 2.45) is 0 Å². The molecule has 0 radical (unpaired) electrons. The molecule has 0 bridgehead atoms.